The van der Waals surface area contributed by atoms with Crippen LogP contribution in [-0.2, 0) is 31.5 Å². The SMILES string of the molecule is COc1ccc(C2=NC3(N=C2c2ccc(OC)c(OC)c2)c2cc4ccc2CCc2ccc(cc2-c2nc(-c5ccccc5)c(-c5ccccc5)n23)CC4)cc1OC. The lowest BCUT2D eigenvalue weighted by Gasteiger charge is -2.31. The van der Waals surface area contributed by atoms with Gasteiger partial charge in [-0.3, -0.25) is 4.57 Å². The van der Waals surface area contributed by atoms with Gasteiger partial charge in [-0.1, -0.05) is 84.9 Å². The molecule has 0 radical (unpaired) electrons. The Bertz CT molecular complexity index is 2720. The average Bonchev–Trinajstić information content (AvgIpc) is 3.89. The van der Waals surface area contributed by atoms with Crippen molar-refractivity contribution < 1.29 is 18.9 Å². The molecule has 286 valence electrons. The highest BCUT2D eigenvalue weighted by molar-refractivity contribution is 6.54. The van der Waals surface area contributed by atoms with Crippen LogP contribution in [0.3, 0.4) is 0 Å². The zero-order chi connectivity index (χ0) is 39.4. The van der Waals surface area contributed by atoms with Crippen LogP contribution >= 0.6 is 0 Å². The van der Waals surface area contributed by atoms with Crippen LogP contribution in [0.25, 0.3) is 33.9 Å². The molecule has 6 aromatic carbocycles. The van der Waals surface area contributed by atoms with Gasteiger partial charge < -0.3 is 18.9 Å². The number of nitrogens with zero attached hydrogens (tertiary/aromatic N) is 4. The van der Waals surface area contributed by atoms with Crippen LogP contribution in [0, 0.1) is 0 Å². The second-order valence-electron chi connectivity index (χ2n) is 14.9. The van der Waals surface area contributed by atoms with Gasteiger partial charge in [0.1, 0.15) is 5.82 Å². The van der Waals surface area contributed by atoms with Crippen molar-refractivity contribution in [3.63, 3.8) is 0 Å². The van der Waals surface area contributed by atoms with E-state index in [1.165, 1.54) is 22.3 Å². The Morgan fingerprint density at radius 1 is 0.483 bits per heavy atom. The highest BCUT2D eigenvalue weighted by Crippen LogP contribution is 2.49. The molecule has 0 unspecified atom stereocenters. The van der Waals surface area contributed by atoms with E-state index >= 15 is 0 Å². The van der Waals surface area contributed by atoms with Crippen molar-refractivity contribution in [1.82, 2.24) is 9.55 Å². The highest BCUT2D eigenvalue weighted by Gasteiger charge is 2.47. The summed E-state index contributed by atoms with van der Waals surface area (Å²) in [5.41, 5.74) is 14.0. The van der Waals surface area contributed by atoms with E-state index in [9.17, 15) is 0 Å². The minimum absolute atomic E-state index is 0.597. The van der Waals surface area contributed by atoms with Crippen LogP contribution in [-0.4, -0.2) is 49.4 Å². The molecule has 4 bridgehead atoms. The molecule has 8 nitrogen and oxygen atoms in total. The van der Waals surface area contributed by atoms with Gasteiger partial charge in [-0.15, -0.1) is 0 Å². The fourth-order valence-corrected chi connectivity index (χ4v) is 8.79. The predicted molar refractivity (Wildman–Crippen MR) is 229 cm³/mol. The van der Waals surface area contributed by atoms with Gasteiger partial charge >= 0.3 is 0 Å². The highest BCUT2D eigenvalue weighted by atomic mass is 16.5. The molecule has 0 aliphatic carbocycles. The van der Waals surface area contributed by atoms with Crippen LogP contribution in [0.1, 0.15) is 38.9 Å². The zero-order valence-electron chi connectivity index (χ0n) is 33.0. The van der Waals surface area contributed by atoms with Gasteiger partial charge in [-0.25, -0.2) is 15.0 Å². The molecule has 0 fully saturated rings. The van der Waals surface area contributed by atoms with Gasteiger partial charge in [-0.05, 0) is 96.5 Å². The third-order valence-electron chi connectivity index (χ3n) is 11.7. The van der Waals surface area contributed by atoms with Crippen molar-refractivity contribution >= 4 is 11.4 Å². The zero-order valence-corrected chi connectivity index (χ0v) is 33.0. The van der Waals surface area contributed by atoms with Crippen molar-refractivity contribution in [3.05, 3.63) is 172 Å². The van der Waals surface area contributed by atoms with Crippen LogP contribution in [0.4, 0.5) is 0 Å². The number of imidazole rings is 1. The molecule has 58 heavy (non-hydrogen) atoms. The lowest BCUT2D eigenvalue weighted by molar-refractivity contribution is 0.355. The number of hydrogen-bond acceptors (Lipinski definition) is 7. The van der Waals surface area contributed by atoms with Gasteiger partial charge in [0.15, 0.2) is 23.0 Å². The number of ether oxygens (including phenoxy) is 4. The number of aryl methyl sites for hydroxylation is 4. The van der Waals surface area contributed by atoms with Gasteiger partial charge in [0.25, 0.3) is 5.79 Å². The summed E-state index contributed by atoms with van der Waals surface area (Å²) in [5, 5.41) is 0. The van der Waals surface area contributed by atoms with E-state index in [4.69, 9.17) is 33.9 Å². The molecule has 4 heterocycles. The number of aliphatic imine (C=N–C) groups is 2. The third-order valence-corrected chi connectivity index (χ3v) is 11.7. The molecule has 10 rings (SSSR count). The van der Waals surface area contributed by atoms with Crippen LogP contribution < -0.4 is 18.9 Å². The molecule has 0 amide bonds. The summed E-state index contributed by atoms with van der Waals surface area (Å²) < 4.78 is 25.5. The molecule has 3 aliphatic rings. The fraction of sp³-hybridized carbons (Fsp3) is 0.180. The van der Waals surface area contributed by atoms with E-state index in [-0.39, 0.29) is 0 Å². The van der Waals surface area contributed by atoms with Crippen molar-refractivity contribution in [2.45, 2.75) is 31.5 Å². The molecule has 1 spiro atoms. The van der Waals surface area contributed by atoms with E-state index in [0.29, 0.717) is 34.4 Å². The Hall–Kier alpha value is -6.93. The summed E-state index contributed by atoms with van der Waals surface area (Å²) in [6, 6.07) is 46.8. The van der Waals surface area contributed by atoms with Crippen LogP contribution in [0.15, 0.2) is 143 Å². The van der Waals surface area contributed by atoms with E-state index in [0.717, 1.165) is 76.3 Å². The third kappa shape index (κ3) is 5.70. The topological polar surface area (TPSA) is 79.5 Å². The first-order chi connectivity index (χ1) is 28.5. The van der Waals surface area contributed by atoms with Crippen LogP contribution in [0.5, 0.6) is 23.0 Å². The van der Waals surface area contributed by atoms with Gasteiger partial charge in [0, 0.05) is 33.4 Å². The second-order valence-corrected chi connectivity index (χ2v) is 14.9. The lowest BCUT2D eigenvalue weighted by atomic mass is 9.90. The Morgan fingerprint density at radius 3 is 1.60 bits per heavy atom. The molecule has 0 N–H and O–H groups in total. The largest absolute Gasteiger partial charge is 0.493 e. The molecule has 1 aromatic heterocycles. The Kier molecular flexibility index (Phi) is 8.70. The number of fused-ring (bicyclic) bond motifs is 2. The molecular weight excluding hydrogens is 721 g/mol. The molecule has 0 saturated heterocycles. The summed E-state index contributed by atoms with van der Waals surface area (Å²) in [4.78, 5) is 17.7. The maximum atomic E-state index is 5.99. The van der Waals surface area contributed by atoms with Gasteiger partial charge in [-0.2, -0.15) is 0 Å². The normalized spacial score (nSPS) is 14.6. The van der Waals surface area contributed by atoms with E-state index in [1.54, 1.807) is 28.4 Å². The van der Waals surface area contributed by atoms with Crippen molar-refractivity contribution in [2.24, 2.45) is 9.98 Å². The standard InChI is InChI=1S/C50H42N4O4/c1-55-41-25-23-37(29-43(41)57-3)45-46(38-24-26-42(56-2)44(30-38)58-4)53-50(52-45)40-28-32-16-15-31-17-19-33(21-22-34(40)20-18-32)39(27-31)49-51-47(35-11-7-5-8-12-35)48(54(49)50)36-13-9-6-10-14-36/h5-14,17-20,23-30H,15-16,21-22H2,1-4H3. The first-order valence-electron chi connectivity index (χ1n) is 19.6. The van der Waals surface area contributed by atoms with Gasteiger partial charge in [0.2, 0.25) is 0 Å². The molecular formula is C50H42N4O4. The fourth-order valence-electron chi connectivity index (χ4n) is 8.79. The Balaban J connectivity index is 1.41. The van der Waals surface area contributed by atoms with Crippen molar-refractivity contribution in [1.29, 1.82) is 0 Å². The Labute approximate surface area is 338 Å². The number of benzene rings is 6. The van der Waals surface area contributed by atoms with Crippen LogP contribution in [0.2, 0.25) is 0 Å². The summed E-state index contributed by atoms with van der Waals surface area (Å²) in [7, 11) is 6.60. The van der Waals surface area contributed by atoms with Crippen molar-refractivity contribution in [2.75, 3.05) is 28.4 Å². The second kappa shape index (κ2) is 14.2. The van der Waals surface area contributed by atoms with E-state index < -0.39 is 5.79 Å². The quantitative estimate of drug-likeness (QED) is 0.154. The molecule has 0 atom stereocenters. The lowest BCUT2D eigenvalue weighted by Crippen LogP contribution is -2.32. The van der Waals surface area contributed by atoms with Gasteiger partial charge in [0.05, 0.1) is 51.3 Å². The summed E-state index contributed by atoms with van der Waals surface area (Å²) in [6.45, 7) is 0. The van der Waals surface area contributed by atoms with E-state index in [1.807, 2.05) is 42.5 Å². The molecule has 7 aromatic rings. The molecule has 3 aliphatic heterocycles. The minimum Gasteiger partial charge on any atom is -0.493 e. The van der Waals surface area contributed by atoms with Crippen molar-refractivity contribution in [3.8, 4) is 56.9 Å². The summed E-state index contributed by atoms with van der Waals surface area (Å²) in [5.74, 6) is 1.94. The van der Waals surface area contributed by atoms with E-state index in [2.05, 4.69) is 95.6 Å². The maximum Gasteiger partial charge on any atom is 0.261 e. The smallest absolute Gasteiger partial charge is 0.261 e. The number of methoxy groups -OCH3 is 4. The average molecular weight is 763 g/mol. The summed E-state index contributed by atoms with van der Waals surface area (Å²) in [6.07, 6.45) is 3.43. The summed E-state index contributed by atoms with van der Waals surface area (Å²) >= 11 is 0. The monoisotopic (exact) mass is 762 g/mol. The minimum atomic E-state index is -1.33. The number of aromatic nitrogens is 2. The number of hydrogen-bond donors (Lipinski definition) is 0. The molecule has 8 heteroatoms. The first-order valence-corrected chi connectivity index (χ1v) is 19.6. The Morgan fingerprint density at radius 2 is 1.02 bits per heavy atom. The predicted octanol–water partition coefficient (Wildman–Crippen LogP) is 9.77. The maximum absolute atomic E-state index is 5.99. The first kappa shape index (κ1) is 35.5. The number of rotatable bonds is 8. The molecule has 0 saturated carbocycles.